The Labute approximate surface area is 162 Å². The summed E-state index contributed by atoms with van der Waals surface area (Å²) in [6.07, 6.45) is 12.9. The minimum Gasteiger partial charge on any atom is -0.478 e. The van der Waals surface area contributed by atoms with Crippen molar-refractivity contribution in [1.29, 1.82) is 0 Å². The van der Waals surface area contributed by atoms with Crippen molar-refractivity contribution in [2.45, 2.75) is 57.8 Å². The zero-order valence-corrected chi connectivity index (χ0v) is 16.3. The summed E-state index contributed by atoms with van der Waals surface area (Å²) in [6.45, 7) is 2.63. The van der Waals surface area contributed by atoms with Gasteiger partial charge in [-0.1, -0.05) is 6.07 Å². The van der Waals surface area contributed by atoms with Crippen LogP contribution < -0.4 is 4.74 Å². The topological polar surface area (TPSA) is 42.4 Å². The lowest BCUT2D eigenvalue weighted by atomic mass is 9.49. The Kier molecular flexibility index (Phi) is 4.61. The molecule has 0 N–H and O–H groups in total. The maximum Gasteiger partial charge on any atom is 0.228 e. The number of carbonyl (C=O) groups is 1. The van der Waals surface area contributed by atoms with Crippen molar-refractivity contribution in [1.82, 2.24) is 9.88 Å². The van der Waals surface area contributed by atoms with E-state index in [0.29, 0.717) is 17.7 Å². The zero-order chi connectivity index (χ0) is 18.3. The lowest BCUT2D eigenvalue weighted by molar-refractivity contribution is -0.159. The molecule has 146 valence electrons. The molecular formula is C23H32N2O2. The molecule has 4 saturated carbocycles. The number of amides is 1. The molecule has 5 fully saturated rings. The molecule has 1 aromatic rings. The van der Waals surface area contributed by atoms with Crippen molar-refractivity contribution in [3.63, 3.8) is 0 Å². The highest BCUT2D eigenvalue weighted by Gasteiger charge is 2.55. The first kappa shape index (κ1) is 17.5. The second-order valence-corrected chi connectivity index (χ2v) is 9.74. The van der Waals surface area contributed by atoms with E-state index in [1.807, 2.05) is 18.2 Å². The number of piperidine rings is 1. The highest BCUT2D eigenvalue weighted by Crippen LogP contribution is 2.60. The number of nitrogens with zero attached hydrogens (tertiary/aromatic N) is 2. The molecule has 4 heteroatoms. The Morgan fingerprint density at radius 2 is 1.74 bits per heavy atom. The van der Waals surface area contributed by atoms with Gasteiger partial charge in [-0.3, -0.25) is 4.79 Å². The van der Waals surface area contributed by atoms with Crippen LogP contribution in [0.3, 0.4) is 0 Å². The Hall–Kier alpha value is -1.58. The van der Waals surface area contributed by atoms with Gasteiger partial charge in [-0.25, -0.2) is 4.98 Å². The van der Waals surface area contributed by atoms with Crippen LogP contribution in [0.2, 0.25) is 0 Å². The van der Waals surface area contributed by atoms with Crippen molar-refractivity contribution in [2.75, 3.05) is 19.7 Å². The lowest BCUT2D eigenvalue weighted by Crippen LogP contribution is -2.55. The Bertz CT molecular complexity index is 631. The molecular weight excluding hydrogens is 336 g/mol. The minimum atomic E-state index is 0.0314. The van der Waals surface area contributed by atoms with Crippen LogP contribution in [-0.2, 0) is 4.79 Å². The molecule has 1 aromatic heterocycles. The second-order valence-electron chi connectivity index (χ2n) is 9.74. The molecule has 1 saturated heterocycles. The number of rotatable bonds is 5. The van der Waals surface area contributed by atoms with Crippen molar-refractivity contribution in [2.24, 2.45) is 29.1 Å². The van der Waals surface area contributed by atoms with Crippen LogP contribution in [0.4, 0.5) is 0 Å². The minimum absolute atomic E-state index is 0.0314. The summed E-state index contributed by atoms with van der Waals surface area (Å²) < 4.78 is 5.76. The van der Waals surface area contributed by atoms with Gasteiger partial charge in [0, 0.05) is 25.4 Å². The average Bonchev–Trinajstić information content (AvgIpc) is 2.68. The molecule has 0 atom stereocenters. The molecule has 1 aliphatic heterocycles. The molecule has 4 nitrogen and oxygen atoms in total. The van der Waals surface area contributed by atoms with E-state index in [2.05, 4.69) is 9.88 Å². The second kappa shape index (κ2) is 7.10. The molecule has 5 aliphatic rings. The van der Waals surface area contributed by atoms with Gasteiger partial charge in [-0.05, 0) is 87.5 Å². The molecule has 27 heavy (non-hydrogen) atoms. The van der Waals surface area contributed by atoms with Gasteiger partial charge in [-0.2, -0.15) is 0 Å². The van der Waals surface area contributed by atoms with Gasteiger partial charge >= 0.3 is 0 Å². The molecule has 0 spiro atoms. The normalized spacial score (nSPS) is 35.4. The van der Waals surface area contributed by atoms with Crippen molar-refractivity contribution in [3.05, 3.63) is 24.4 Å². The Morgan fingerprint density at radius 3 is 2.33 bits per heavy atom. The first-order valence-corrected chi connectivity index (χ1v) is 11.0. The quantitative estimate of drug-likeness (QED) is 0.778. The van der Waals surface area contributed by atoms with Crippen molar-refractivity contribution < 1.29 is 9.53 Å². The fourth-order valence-electron chi connectivity index (χ4n) is 6.90. The van der Waals surface area contributed by atoms with Crippen LogP contribution >= 0.6 is 0 Å². The number of likely N-dealkylation sites (tertiary alicyclic amines) is 1. The van der Waals surface area contributed by atoms with Crippen molar-refractivity contribution in [3.8, 4) is 5.88 Å². The number of aromatic nitrogens is 1. The highest BCUT2D eigenvalue weighted by molar-refractivity contribution is 5.83. The molecule has 4 bridgehead atoms. The van der Waals surface area contributed by atoms with Crippen LogP contribution in [0.5, 0.6) is 5.88 Å². The predicted octanol–water partition coefficient (Wildman–Crippen LogP) is 4.31. The summed E-state index contributed by atoms with van der Waals surface area (Å²) in [6, 6.07) is 5.77. The number of ether oxygens (including phenoxy) is 1. The lowest BCUT2D eigenvalue weighted by Gasteiger charge is -2.57. The van der Waals surface area contributed by atoms with E-state index in [4.69, 9.17) is 4.74 Å². The van der Waals surface area contributed by atoms with E-state index in [9.17, 15) is 4.79 Å². The molecule has 0 unspecified atom stereocenters. The number of hydrogen-bond acceptors (Lipinski definition) is 3. The molecule has 6 rings (SSSR count). The first-order chi connectivity index (χ1) is 13.2. The molecule has 4 aliphatic carbocycles. The van der Waals surface area contributed by atoms with Gasteiger partial charge in [0.05, 0.1) is 12.0 Å². The van der Waals surface area contributed by atoms with E-state index >= 15 is 0 Å². The number of pyridine rings is 1. The number of hydrogen-bond donors (Lipinski definition) is 0. The van der Waals surface area contributed by atoms with E-state index in [1.54, 1.807) is 6.20 Å². The summed E-state index contributed by atoms with van der Waals surface area (Å²) in [5.41, 5.74) is 0.0314. The summed E-state index contributed by atoms with van der Waals surface area (Å²) in [5, 5.41) is 0. The van der Waals surface area contributed by atoms with Crippen LogP contribution in [0, 0.1) is 29.1 Å². The fourth-order valence-corrected chi connectivity index (χ4v) is 6.90. The fraction of sp³-hybridized carbons (Fsp3) is 0.739. The smallest absolute Gasteiger partial charge is 0.228 e. The van der Waals surface area contributed by atoms with E-state index in [0.717, 1.165) is 56.7 Å². The van der Waals surface area contributed by atoms with Crippen LogP contribution in [-0.4, -0.2) is 35.5 Å². The predicted molar refractivity (Wildman–Crippen MR) is 104 cm³/mol. The highest BCUT2D eigenvalue weighted by atomic mass is 16.5. The standard InChI is InChI=1S/C23H32N2O2/c26-22(23-14-18-11-19(15-23)13-20(12-18)16-23)25-8-4-17(5-9-25)6-10-27-21-3-1-2-7-24-21/h1-3,7,17-20H,4-6,8-16H2. The van der Waals surface area contributed by atoms with Crippen molar-refractivity contribution >= 4 is 5.91 Å². The molecule has 0 radical (unpaired) electrons. The summed E-state index contributed by atoms with van der Waals surface area (Å²) in [5.74, 6) is 4.45. The van der Waals surface area contributed by atoms with E-state index < -0.39 is 0 Å². The van der Waals surface area contributed by atoms with E-state index in [1.165, 1.54) is 38.5 Å². The van der Waals surface area contributed by atoms with Crippen LogP contribution in [0.25, 0.3) is 0 Å². The third-order valence-corrected chi connectivity index (χ3v) is 7.81. The third-order valence-electron chi connectivity index (χ3n) is 7.81. The molecule has 0 aromatic carbocycles. The first-order valence-electron chi connectivity index (χ1n) is 11.0. The molecule has 2 heterocycles. The van der Waals surface area contributed by atoms with Crippen LogP contribution in [0.15, 0.2) is 24.4 Å². The maximum absolute atomic E-state index is 13.5. The van der Waals surface area contributed by atoms with Gasteiger partial charge in [0.25, 0.3) is 0 Å². The Balaban J connectivity index is 1.11. The maximum atomic E-state index is 13.5. The van der Waals surface area contributed by atoms with Gasteiger partial charge in [-0.15, -0.1) is 0 Å². The van der Waals surface area contributed by atoms with Gasteiger partial charge < -0.3 is 9.64 Å². The third kappa shape index (κ3) is 3.48. The average molecular weight is 369 g/mol. The van der Waals surface area contributed by atoms with Crippen LogP contribution in [0.1, 0.15) is 57.8 Å². The number of carbonyl (C=O) groups excluding carboxylic acids is 1. The summed E-state index contributed by atoms with van der Waals surface area (Å²) in [7, 11) is 0. The molecule has 1 amide bonds. The zero-order valence-electron chi connectivity index (χ0n) is 16.3. The Morgan fingerprint density at radius 1 is 1.07 bits per heavy atom. The largest absolute Gasteiger partial charge is 0.478 e. The van der Waals surface area contributed by atoms with Gasteiger partial charge in [0.2, 0.25) is 11.8 Å². The summed E-state index contributed by atoms with van der Waals surface area (Å²) in [4.78, 5) is 19.9. The summed E-state index contributed by atoms with van der Waals surface area (Å²) >= 11 is 0. The van der Waals surface area contributed by atoms with Gasteiger partial charge in [0.1, 0.15) is 0 Å². The van der Waals surface area contributed by atoms with Gasteiger partial charge in [0.15, 0.2) is 0 Å². The SMILES string of the molecule is O=C(N1CCC(CCOc2ccccn2)CC1)C12CC3CC(CC(C3)C1)C2. The van der Waals surface area contributed by atoms with E-state index in [-0.39, 0.29) is 5.41 Å². The monoisotopic (exact) mass is 368 g/mol.